The highest BCUT2D eigenvalue weighted by molar-refractivity contribution is 6.43. The highest BCUT2D eigenvalue weighted by atomic mass is 35.5. The minimum absolute atomic E-state index is 0.0257. The van der Waals surface area contributed by atoms with Gasteiger partial charge in [-0.25, -0.2) is 14.6 Å². The number of carbonyl (C=O) groups is 4. The molecule has 1 atom stereocenters. The van der Waals surface area contributed by atoms with E-state index in [9.17, 15) is 29.4 Å². The summed E-state index contributed by atoms with van der Waals surface area (Å²) in [6.07, 6.45) is 16.0. The van der Waals surface area contributed by atoms with Gasteiger partial charge < -0.3 is 25.4 Å². The number of anilines is 3. The van der Waals surface area contributed by atoms with Gasteiger partial charge in [-0.2, -0.15) is 5.01 Å². The van der Waals surface area contributed by atoms with Crippen molar-refractivity contribution in [2.75, 3.05) is 15.6 Å². The Balaban J connectivity index is 1.45. The van der Waals surface area contributed by atoms with Crippen molar-refractivity contribution in [2.24, 2.45) is 5.10 Å². The van der Waals surface area contributed by atoms with Crippen molar-refractivity contribution in [1.29, 1.82) is 0 Å². The number of aromatic carboxylic acids is 2. The van der Waals surface area contributed by atoms with Gasteiger partial charge in [0, 0.05) is 23.3 Å². The molecule has 0 radical (unpaired) electrons. The number of carboxylic acid groups (broad SMARTS) is 2. The molecule has 15 heteroatoms. The third-order valence-corrected chi connectivity index (χ3v) is 8.77. The molecule has 2 aromatic carbocycles. The SMILES string of the molecule is CCCCCCCCCCCCCC(=O)Nc1cn(C2C(=O)N(c3c(Cl)cc(Cl)cc3Cl)N=C2Nc2cc(C(=O)O)cc(C(=O)O)c2)cn1. The van der Waals surface area contributed by atoms with Gasteiger partial charge in [0.25, 0.3) is 5.91 Å². The molecule has 2 heterocycles. The van der Waals surface area contributed by atoms with Gasteiger partial charge in [0.1, 0.15) is 5.69 Å². The quantitative estimate of drug-likeness (QED) is 0.0941. The zero-order valence-corrected chi connectivity index (χ0v) is 29.3. The molecule has 0 saturated heterocycles. The van der Waals surface area contributed by atoms with E-state index in [1.165, 1.54) is 86.3 Å². The Bertz CT molecular complexity index is 1660. The molecule has 0 saturated carbocycles. The summed E-state index contributed by atoms with van der Waals surface area (Å²) >= 11 is 18.9. The molecule has 0 aliphatic carbocycles. The Morgan fingerprint density at radius 2 is 1.37 bits per heavy atom. The zero-order chi connectivity index (χ0) is 35.5. The van der Waals surface area contributed by atoms with Crippen molar-refractivity contribution in [3.63, 3.8) is 0 Å². The van der Waals surface area contributed by atoms with E-state index in [0.29, 0.717) is 6.42 Å². The van der Waals surface area contributed by atoms with Gasteiger partial charge in [0.2, 0.25) is 5.91 Å². The lowest BCUT2D eigenvalue weighted by atomic mass is 10.1. The molecule has 49 heavy (non-hydrogen) atoms. The third-order valence-electron chi connectivity index (χ3n) is 7.98. The number of amidine groups is 1. The predicted molar refractivity (Wildman–Crippen MR) is 191 cm³/mol. The zero-order valence-electron chi connectivity index (χ0n) is 27.1. The summed E-state index contributed by atoms with van der Waals surface area (Å²) in [6, 6.07) is 4.99. The minimum atomic E-state index is -1.35. The summed E-state index contributed by atoms with van der Waals surface area (Å²) in [5.74, 6) is -3.35. The number of rotatable bonds is 18. The van der Waals surface area contributed by atoms with E-state index in [1.807, 2.05) is 0 Å². The summed E-state index contributed by atoms with van der Waals surface area (Å²) < 4.78 is 1.41. The summed E-state index contributed by atoms with van der Waals surface area (Å²) in [5.41, 5.74) is -0.500. The molecule has 1 aliphatic heterocycles. The molecule has 1 unspecified atom stereocenters. The van der Waals surface area contributed by atoms with Crippen LogP contribution in [0.3, 0.4) is 0 Å². The molecule has 1 aliphatic rings. The normalized spacial score (nSPS) is 14.2. The fraction of sp³-hybridized carbons (Fsp3) is 0.412. The van der Waals surface area contributed by atoms with Gasteiger partial charge in [-0.15, -0.1) is 5.10 Å². The lowest BCUT2D eigenvalue weighted by Gasteiger charge is -2.17. The molecular weight excluding hydrogens is 695 g/mol. The summed E-state index contributed by atoms with van der Waals surface area (Å²) in [4.78, 5) is 54.2. The van der Waals surface area contributed by atoms with Crippen molar-refractivity contribution in [3.8, 4) is 0 Å². The number of benzene rings is 2. The number of carbonyl (C=O) groups excluding carboxylic acids is 2. The van der Waals surface area contributed by atoms with Crippen molar-refractivity contribution in [3.05, 3.63) is 69.1 Å². The lowest BCUT2D eigenvalue weighted by Crippen LogP contribution is -2.31. The molecule has 262 valence electrons. The Labute approximate surface area is 299 Å². The van der Waals surface area contributed by atoms with Crippen LogP contribution in [-0.4, -0.2) is 49.4 Å². The molecule has 1 aromatic heterocycles. The molecule has 2 amide bonds. The molecule has 4 rings (SSSR count). The fourth-order valence-corrected chi connectivity index (χ4v) is 6.47. The van der Waals surface area contributed by atoms with E-state index in [-0.39, 0.29) is 55.1 Å². The van der Waals surface area contributed by atoms with Crippen LogP contribution in [-0.2, 0) is 9.59 Å². The Morgan fingerprint density at radius 3 is 1.92 bits per heavy atom. The van der Waals surface area contributed by atoms with Gasteiger partial charge >= 0.3 is 11.9 Å². The lowest BCUT2D eigenvalue weighted by molar-refractivity contribution is -0.119. The van der Waals surface area contributed by atoms with Crippen molar-refractivity contribution < 1.29 is 29.4 Å². The molecule has 0 fully saturated rings. The number of hydrogen-bond acceptors (Lipinski definition) is 7. The summed E-state index contributed by atoms with van der Waals surface area (Å²) in [6.45, 7) is 2.22. The molecule has 3 aromatic rings. The summed E-state index contributed by atoms with van der Waals surface area (Å²) in [5, 5.41) is 30.4. The molecule has 4 N–H and O–H groups in total. The smallest absolute Gasteiger partial charge is 0.335 e. The number of carboxylic acids is 2. The number of unbranched alkanes of at least 4 members (excludes halogenated alkanes) is 10. The summed E-state index contributed by atoms with van der Waals surface area (Å²) in [7, 11) is 0. The number of nitrogens with zero attached hydrogens (tertiary/aromatic N) is 4. The van der Waals surface area contributed by atoms with Crippen LogP contribution in [0.2, 0.25) is 15.1 Å². The van der Waals surface area contributed by atoms with Gasteiger partial charge in [-0.1, -0.05) is 106 Å². The van der Waals surface area contributed by atoms with Crippen LogP contribution in [0, 0.1) is 0 Å². The van der Waals surface area contributed by atoms with E-state index in [2.05, 4.69) is 27.6 Å². The van der Waals surface area contributed by atoms with Crippen molar-refractivity contribution in [1.82, 2.24) is 9.55 Å². The number of hydrogen-bond donors (Lipinski definition) is 4. The van der Waals surface area contributed by atoms with E-state index >= 15 is 0 Å². The Hall–Kier alpha value is -4.13. The van der Waals surface area contributed by atoms with Crippen LogP contribution in [0.15, 0.2) is 48.0 Å². The first-order chi connectivity index (χ1) is 23.5. The first-order valence-electron chi connectivity index (χ1n) is 16.3. The Kier molecular flexibility index (Phi) is 13.9. The second kappa shape index (κ2) is 18.0. The molecule has 0 bridgehead atoms. The number of amides is 2. The topological polar surface area (TPSA) is 166 Å². The highest BCUT2D eigenvalue weighted by Gasteiger charge is 2.40. The molecular formula is C34H39Cl3N6O6. The second-order valence-electron chi connectivity index (χ2n) is 11.8. The number of aromatic nitrogens is 2. The highest BCUT2D eigenvalue weighted by Crippen LogP contribution is 2.40. The average Bonchev–Trinajstić information content (AvgIpc) is 3.62. The first-order valence-corrected chi connectivity index (χ1v) is 17.4. The minimum Gasteiger partial charge on any atom is -0.478 e. The van der Waals surface area contributed by atoms with E-state index in [4.69, 9.17) is 34.8 Å². The second-order valence-corrected chi connectivity index (χ2v) is 13.1. The van der Waals surface area contributed by atoms with E-state index in [1.54, 1.807) is 0 Å². The number of halogens is 3. The van der Waals surface area contributed by atoms with Crippen LogP contribution in [0.1, 0.15) is 111 Å². The average molecular weight is 734 g/mol. The van der Waals surface area contributed by atoms with Gasteiger partial charge in [-0.05, 0) is 36.8 Å². The van der Waals surface area contributed by atoms with Gasteiger partial charge in [0.15, 0.2) is 17.7 Å². The number of imidazole rings is 1. The van der Waals surface area contributed by atoms with E-state index in [0.717, 1.165) is 36.8 Å². The number of hydrazone groups is 1. The van der Waals surface area contributed by atoms with Crippen LogP contribution in [0.4, 0.5) is 17.2 Å². The van der Waals surface area contributed by atoms with E-state index < -0.39 is 23.9 Å². The maximum absolute atomic E-state index is 13.9. The number of nitrogens with one attached hydrogen (secondary N) is 2. The van der Waals surface area contributed by atoms with Gasteiger partial charge in [0.05, 0.1) is 27.5 Å². The van der Waals surface area contributed by atoms with Crippen LogP contribution in [0.5, 0.6) is 0 Å². The fourth-order valence-electron chi connectivity index (χ4n) is 5.50. The monoisotopic (exact) mass is 732 g/mol. The van der Waals surface area contributed by atoms with Gasteiger partial charge in [-0.3, -0.25) is 9.59 Å². The maximum atomic E-state index is 13.9. The third kappa shape index (κ3) is 10.4. The van der Waals surface area contributed by atoms with Crippen LogP contribution in [0.25, 0.3) is 0 Å². The molecule has 12 nitrogen and oxygen atoms in total. The maximum Gasteiger partial charge on any atom is 0.335 e. The Morgan fingerprint density at radius 1 is 0.816 bits per heavy atom. The van der Waals surface area contributed by atoms with Crippen molar-refractivity contribution in [2.45, 2.75) is 90.0 Å². The van der Waals surface area contributed by atoms with Crippen LogP contribution >= 0.6 is 34.8 Å². The standard InChI is InChI=1S/C34H39Cl3N6O6/c1-2-3-4-5-6-7-8-9-10-11-12-13-28(44)40-27-19-42(20-38-27)30-31(39-24-15-21(33(46)47)14-22(16-24)34(48)49)41-43(32(30)45)29-25(36)17-23(35)18-26(29)37/h14-20,30H,2-13H2,1H3,(H,39,41)(H,40,44)(H,46,47)(H,48,49). The molecule has 0 spiro atoms. The first kappa shape index (κ1) is 37.7. The van der Waals surface area contributed by atoms with Crippen molar-refractivity contribution >= 4 is 81.6 Å². The van der Waals surface area contributed by atoms with Crippen LogP contribution < -0.4 is 15.6 Å². The largest absolute Gasteiger partial charge is 0.478 e. The predicted octanol–water partition coefficient (Wildman–Crippen LogP) is 8.89.